The first-order chi connectivity index (χ1) is 9.65. The number of hydrogen-bond acceptors (Lipinski definition) is 3. The monoisotopic (exact) mass is 273 g/mol. The third-order valence-electron chi connectivity index (χ3n) is 3.80. The normalized spacial score (nSPS) is 21.7. The molecule has 1 N–H and O–H groups in total. The van der Waals surface area contributed by atoms with Gasteiger partial charge in [0.15, 0.2) is 0 Å². The zero-order valence-electron chi connectivity index (χ0n) is 12.1. The van der Waals surface area contributed by atoms with Crippen LogP contribution in [0.5, 0.6) is 5.75 Å². The quantitative estimate of drug-likeness (QED) is 0.885. The van der Waals surface area contributed by atoms with Crippen LogP contribution in [0.25, 0.3) is 16.5 Å². The Bertz CT molecular complexity index is 629. The van der Waals surface area contributed by atoms with Gasteiger partial charge >= 0.3 is 0 Å². The highest BCUT2D eigenvalue weighted by Crippen LogP contribution is 2.30. The number of nitrogens with one attached hydrogen (secondary N) is 1. The number of furan rings is 1. The van der Waals surface area contributed by atoms with Crippen molar-refractivity contribution in [3.8, 4) is 5.75 Å². The van der Waals surface area contributed by atoms with E-state index in [1.165, 1.54) is 0 Å². The highest BCUT2D eigenvalue weighted by atomic mass is 16.5. The van der Waals surface area contributed by atoms with Gasteiger partial charge in [0.05, 0.1) is 0 Å². The fourth-order valence-electron chi connectivity index (χ4n) is 2.60. The molecule has 0 atom stereocenters. The SMILES string of the molecule is C=C(C)c1cc2ccc(OC3CC(NCC)C3)cc2o1.[HH]. The maximum atomic E-state index is 5.98. The first kappa shape index (κ1) is 13.3. The molecule has 20 heavy (non-hydrogen) atoms. The fourth-order valence-corrected chi connectivity index (χ4v) is 2.60. The molecule has 1 fully saturated rings. The van der Waals surface area contributed by atoms with Crippen molar-refractivity contribution >= 4 is 16.5 Å². The Hall–Kier alpha value is -1.74. The molecule has 0 radical (unpaired) electrons. The van der Waals surface area contributed by atoms with Gasteiger partial charge in [-0.1, -0.05) is 13.5 Å². The van der Waals surface area contributed by atoms with Crippen LogP contribution >= 0.6 is 0 Å². The predicted octanol–water partition coefficient (Wildman–Crippen LogP) is 4.23. The molecule has 0 bridgehead atoms. The largest absolute Gasteiger partial charge is 0.490 e. The van der Waals surface area contributed by atoms with Crippen molar-refractivity contribution in [2.75, 3.05) is 6.54 Å². The summed E-state index contributed by atoms with van der Waals surface area (Å²) >= 11 is 0. The molecule has 1 saturated carbocycles. The second-order valence-corrected chi connectivity index (χ2v) is 5.56. The number of allylic oxidation sites excluding steroid dienone is 1. The molecule has 0 saturated heterocycles. The minimum Gasteiger partial charge on any atom is -0.490 e. The molecule has 3 heteroatoms. The second kappa shape index (κ2) is 5.33. The lowest BCUT2D eigenvalue weighted by molar-refractivity contribution is 0.0860. The van der Waals surface area contributed by atoms with Crippen molar-refractivity contribution in [1.82, 2.24) is 5.32 Å². The lowest BCUT2D eigenvalue weighted by atomic mass is 9.89. The molecule has 0 unspecified atom stereocenters. The van der Waals surface area contributed by atoms with Crippen LogP contribution < -0.4 is 10.1 Å². The summed E-state index contributed by atoms with van der Waals surface area (Å²) in [5.74, 6) is 1.73. The van der Waals surface area contributed by atoms with E-state index in [1.54, 1.807) is 0 Å². The molecule has 3 nitrogen and oxygen atoms in total. The molecular weight excluding hydrogens is 250 g/mol. The van der Waals surface area contributed by atoms with Crippen molar-refractivity contribution in [1.29, 1.82) is 0 Å². The number of benzene rings is 1. The number of ether oxygens (including phenoxy) is 1. The Morgan fingerprint density at radius 3 is 2.95 bits per heavy atom. The number of hydrogen-bond donors (Lipinski definition) is 1. The summed E-state index contributed by atoms with van der Waals surface area (Å²) in [7, 11) is 0. The maximum absolute atomic E-state index is 5.98. The van der Waals surface area contributed by atoms with Crippen LogP contribution in [-0.2, 0) is 0 Å². The summed E-state index contributed by atoms with van der Waals surface area (Å²) in [5, 5.41) is 4.53. The van der Waals surface area contributed by atoms with Crippen molar-refractivity contribution < 1.29 is 10.6 Å². The summed E-state index contributed by atoms with van der Waals surface area (Å²) in [6.45, 7) is 9.02. The minimum atomic E-state index is 0. The molecule has 2 aromatic rings. The molecule has 1 heterocycles. The van der Waals surface area contributed by atoms with E-state index in [-0.39, 0.29) is 1.43 Å². The van der Waals surface area contributed by atoms with Crippen LogP contribution in [-0.4, -0.2) is 18.7 Å². The molecule has 0 spiro atoms. The minimum absolute atomic E-state index is 0. The summed E-state index contributed by atoms with van der Waals surface area (Å²) in [5.41, 5.74) is 1.80. The summed E-state index contributed by atoms with van der Waals surface area (Å²) in [6.07, 6.45) is 2.49. The third kappa shape index (κ3) is 2.59. The van der Waals surface area contributed by atoms with Gasteiger partial charge in [0.2, 0.25) is 0 Å². The van der Waals surface area contributed by atoms with Crippen LogP contribution in [0.1, 0.15) is 33.9 Å². The average molecular weight is 273 g/mol. The van der Waals surface area contributed by atoms with E-state index in [0.29, 0.717) is 12.1 Å². The zero-order valence-corrected chi connectivity index (χ0v) is 12.1. The van der Waals surface area contributed by atoms with Gasteiger partial charge in [-0.3, -0.25) is 0 Å². The summed E-state index contributed by atoms with van der Waals surface area (Å²) < 4.78 is 11.8. The molecular formula is C17H23NO2. The van der Waals surface area contributed by atoms with Crippen LogP contribution in [0.3, 0.4) is 0 Å². The van der Waals surface area contributed by atoms with Crippen molar-refractivity contribution in [3.63, 3.8) is 0 Å². The molecule has 0 amide bonds. The van der Waals surface area contributed by atoms with Crippen LogP contribution in [0.15, 0.2) is 35.3 Å². The zero-order chi connectivity index (χ0) is 14.1. The standard InChI is InChI=1S/C17H21NO2.H2/c1-4-18-13-8-15(9-13)19-14-6-5-12-7-16(11(2)3)20-17(12)10-14;/h5-7,10,13,15,18H,2,4,8-9H2,1,3H3;1H. The van der Waals surface area contributed by atoms with Gasteiger partial charge in [-0.25, -0.2) is 0 Å². The van der Waals surface area contributed by atoms with Gasteiger partial charge in [0, 0.05) is 18.9 Å². The highest BCUT2D eigenvalue weighted by Gasteiger charge is 2.30. The van der Waals surface area contributed by atoms with E-state index in [2.05, 4.69) is 18.8 Å². The average Bonchev–Trinajstić information content (AvgIpc) is 2.79. The molecule has 1 aromatic carbocycles. The molecule has 1 aromatic heterocycles. The Balaban J connectivity index is 0.00000161. The molecule has 1 aliphatic rings. The number of rotatable bonds is 5. The predicted molar refractivity (Wildman–Crippen MR) is 84.2 cm³/mol. The van der Waals surface area contributed by atoms with Gasteiger partial charge in [0.1, 0.15) is 23.2 Å². The van der Waals surface area contributed by atoms with E-state index in [9.17, 15) is 0 Å². The molecule has 1 aliphatic carbocycles. The van der Waals surface area contributed by atoms with E-state index in [0.717, 1.165) is 47.4 Å². The van der Waals surface area contributed by atoms with Gasteiger partial charge in [-0.05, 0) is 50.1 Å². The summed E-state index contributed by atoms with van der Waals surface area (Å²) in [6, 6.07) is 8.67. The Morgan fingerprint density at radius 2 is 2.25 bits per heavy atom. The topological polar surface area (TPSA) is 34.4 Å². The molecule has 0 aliphatic heterocycles. The Morgan fingerprint density at radius 1 is 1.45 bits per heavy atom. The number of fused-ring (bicyclic) bond motifs is 1. The van der Waals surface area contributed by atoms with E-state index < -0.39 is 0 Å². The van der Waals surface area contributed by atoms with Crippen molar-refractivity contribution in [2.45, 2.75) is 38.8 Å². The molecule has 108 valence electrons. The lowest BCUT2D eigenvalue weighted by Crippen LogP contribution is -2.46. The Kier molecular flexibility index (Phi) is 3.53. The first-order valence-electron chi connectivity index (χ1n) is 7.25. The van der Waals surface area contributed by atoms with Crippen LogP contribution in [0.4, 0.5) is 0 Å². The highest BCUT2D eigenvalue weighted by molar-refractivity contribution is 5.82. The first-order valence-corrected chi connectivity index (χ1v) is 7.25. The summed E-state index contributed by atoms with van der Waals surface area (Å²) in [4.78, 5) is 0. The third-order valence-corrected chi connectivity index (χ3v) is 3.80. The molecule has 3 rings (SSSR count). The van der Waals surface area contributed by atoms with E-state index >= 15 is 0 Å². The lowest BCUT2D eigenvalue weighted by Gasteiger charge is -2.35. The van der Waals surface area contributed by atoms with Gasteiger partial charge < -0.3 is 14.5 Å². The van der Waals surface area contributed by atoms with Crippen molar-refractivity contribution in [2.24, 2.45) is 0 Å². The Labute approximate surface area is 121 Å². The van der Waals surface area contributed by atoms with Crippen molar-refractivity contribution in [3.05, 3.63) is 36.6 Å². The van der Waals surface area contributed by atoms with Crippen LogP contribution in [0, 0.1) is 0 Å². The van der Waals surface area contributed by atoms with E-state index in [1.807, 2.05) is 31.2 Å². The second-order valence-electron chi connectivity index (χ2n) is 5.56. The van der Waals surface area contributed by atoms with Crippen LogP contribution in [0.2, 0.25) is 0 Å². The smallest absolute Gasteiger partial charge is 0.138 e. The fraction of sp³-hybridized carbons (Fsp3) is 0.412. The van der Waals surface area contributed by atoms with Gasteiger partial charge in [-0.15, -0.1) is 0 Å². The van der Waals surface area contributed by atoms with Gasteiger partial charge in [-0.2, -0.15) is 0 Å². The van der Waals surface area contributed by atoms with Gasteiger partial charge in [0.25, 0.3) is 0 Å². The van der Waals surface area contributed by atoms with E-state index in [4.69, 9.17) is 9.15 Å². The maximum Gasteiger partial charge on any atom is 0.138 e.